The molecule has 1 aliphatic heterocycles. The first-order valence-electron chi connectivity index (χ1n) is 6.82. The lowest BCUT2D eigenvalue weighted by atomic mass is 9.94. The molecule has 5 N–H and O–H groups in total. The van der Waals surface area contributed by atoms with Gasteiger partial charge >= 0.3 is 6.09 Å². The molecule has 0 aromatic heterocycles. The summed E-state index contributed by atoms with van der Waals surface area (Å²) in [5, 5.41) is 8.88. The van der Waals surface area contributed by atoms with Crippen LogP contribution in [0, 0.1) is 5.92 Å². The smallest absolute Gasteiger partial charge is 0.407 e. The van der Waals surface area contributed by atoms with Gasteiger partial charge in [-0.15, -0.1) is 0 Å². The van der Waals surface area contributed by atoms with Crippen LogP contribution in [0.2, 0.25) is 0 Å². The van der Waals surface area contributed by atoms with Crippen LogP contribution in [0.15, 0.2) is 18.2 Å². The summed E-state index contributed by atoms with van der Waals surface area (Å²) in [7, 11) is 0. The number of nitrogen functional groups attached to an aromatic ring is 2. The molecule has 0 bridgehead atoms. The van der Waals surface area contributed by atoms with Gasteiger partial charge in [0.1, 0.15) is 5.75 Å². The van der Waals surface area contributed by atoms with E-state index in [1.807, 2.05) is 0 Å². The SMILES string of the molecule is Nc1ccc(OCCC2CCN(C(=O)O)CC2)cc1N. The Morgan fingerprint density at radius 2 is 2.00 bits per heavy atom. The van der Waals surface area contributed by atoms with Crippen molar-refractivity contribution in [3.63, 3.8) is 0 Å². The van der Waals surface area contributed by atoms with Crippen LogP contribution in [0.4, 0.5) is 16.2 Å². The fraction of sp³-hybridized carbons (Fsp3) is 0.500. The van der Waals surface area contributed by atoms with Gasteiger partial charge < -0.3 is 26.2 Å². The highest BCUT2D eigenvalue weighted by Crippen LogP contribution is 2.24. The molecule has 0 saturated carbocycles. The summed E-state index contributed by atoms with van der Waals surface area (Å²) in [6.45, 7) is 1.85. The summed E-state index contributed by atoms with van der Waals surface area (Å²) in [5.74, 6) is 1.25. The number of nitrogens with two attached hydrogens (primary N) is 2. The quantitative estimate of drug-likeness (QED) is 0.732. The van der Waals surface area contributed by atoms with E-state index in [9.17, 15) is 4.79 Å². The molecule has 1 aromatic carbocycles. The van der Waals surface area contributed by atoms with E-state index in [2.05, 4.69) is 0 Å². The van der Waals surface area contributed by atoms with Gasteiger partial charge in [0.25, 0.3) is 0 Å². The van der Waals surface area contributed by atoms with Crippen molar-refractivity contribution in [2.24, 2.45) is 5.92 Å². The highest BCUT2D eigenvalue weighted by atomic mass is 16.5. The molecule has 0 unspecified atom stereocenters. The maximum absolute atomic E-state index is 10.8. The minimum absolute atomic E-state index is 0.525. The highest BCUT2D eigenvalue weighted by molar-refractivity contribution is 5.65. The number of carbonyl (C=O) groups is 1. The number of carboxylic acid groups (broad SMARTS) is 1. The molecule has 1 aromatic rings. The Labute approximate surface area is 118 Å². The minimum Gasteiger partial charge on any atom is -0.494 e. The average Bonchev–Trinajstić information content (AvgIpc) is 2.43. The molecule has 1 saturated heterocycles. The lowest BCUT2D eigenvalue weighted by molar-refractivity contribution is 0.119. The van der Waals surface area contributed by atoms with Gasteiger partial charge in [-0.1, -0.05) is 0 Å². The van der Waals surface area contributed by atoms with Gasteiger partial charge in [-0.25, -0.2) is 4.79 Å². The van der Waals surface area contributed by atoms with Gasteiger partial charge in [-0.05, 0) is 37.3 Å². The molecule has 1 heterocycles. The normalized spacial score (nSPS) is 16.1. The molecule has 2 rings (SSSR count). The van der Waals surface area contributed by atoms with Crippen molar-refractivity contribution < 1.29 is 14.6 Å². The zero-order chi connectivity index (χ0) is 14.5. The van der Waals surface area contributed by atoms with Crippen LogP contribution in [0.1, 0.15) is 19.3 Å². The summed E-state index contributed by atoms with van der Waals surface area (Å²) < 4.78 is 5.65. The fourth-order valence-electron chi connectivity index (χ4n) is 2.40. The number of ether oxygens (including phenoxy) is 1. The maximum atomic E-state index is 10.8. The highest BCUT2D eigenvalue weighted by Gasteiger charge is 2.21. The molecule has 0 aliphatic carbocycles. The number of rotatable bonds is 4. The molecule has 6 heteroatoms. The van der Waals surface area contributed by atoms with E-state index in [-0.39, 0.29) is 0 Å². The second-order valence-corrected chi connectivity index (χ2v) is 5.14. The molecular weight excluding hydrogens is 258 g/mol. The molecule has 1 aliphatic rings. The average molecular weight is 279 g/mol. The summed E-state index contributed by atoms with van der Waals surface area (Å²) in [6, 6.07) is 5.26. The van der Waals surface area contributed by atoms with E-state index < -0.39 is 6.09 Å². The summed E-state index contributed by atoms with van der Waals surface area (Å²) in [6.07, 6.45) is 1.91. The van der Waals surface area contributed by atoms with Crippen molar-refractivity contribution in [3.05, 3.63) is 18.2 Å². The Morgan fingerprint density at radius 1 is 1.30 bits per heavy atom. The van der Waals surface area contributed by atoms with Gasteiger partial charge in [0.15, 0.2) is 0 Å². The zero-order valence-electron chi connectivity index (χ0n) is 11.4. The molecule has 0 atom stereocenters. The minimum atomic E-state index is -0.822. The summed E-state index contributed by atoms with van der Waals surface area (Å²) in [5.41, 5.74) is 12.4. The summed E-state index contributed by atoms with van der Waals surface area (Å²) in [4.78, 5) is 12.3. The molecule has 6 nitrogen and oxygen atoms in total. The second-order valence-electron chi connectivity index (χ2n) is 5.14. The van der Waals surface area contributed by atoms with Crippen molar-refractivity contribution >= 4 is 17.5 Å². The van der Waals surface area contributed by atoms with Crippen molar-refractivity contribution in [3.8, 4) is 5.75 Å². The van der Waals surface area contributed by atoms with E-state index in [1.54, 1.807) is 18.2 Å². The predicted octanol–water partition coefficient (Wildman–Crippen LogP) is 2.01. The third kappa shape index (κ3) is 3.69. The second kappa shape index (κ2) is 6.36. The topological polar surface area (TPSA) is 102 Å². The Hall–Kier alpha value is -2.11. The lowest BCUT2D eigenvalue weighted by Crippen LogP contribution is -2.37. The van der Waals surface area contributed by atoms with E-state index in [0.29, 0.717) is 37.0 Å². The Bertz CT molecular complexity index is 471. The number of amides is 1. The Balaban J connectivity index is 1.71. The van der Waals surface area contributed by atoms with E-state index in [1.165, 1.54) is 4.90 Å². The van der Waals surface area contributed by atoms with Crippen molar-refractivity contribution in [1.82, 2.24) is 4.90 Å². The largest absolute Gasteiger partial charge is 0.494 e. The number of piperidine rings is 1. The molecule has 0 spiro atoms. The molecule has 20 heavy (non-hydrogen) atoms. The first-order chi connectivity index (χ1) is 9.56. The standard InChI is InChI=1S/C14H21N3O3/c15-12-2-1-11(9-13(12)16)20-8-5-10-3-6-17(7-4-10)14(18)19/h1-2,9-10H,3-8,15-16H2,(H,18,19). The van der Waals surface area contributed by atoms with Gasteiger partial charge in [0, 0.05) is 19.2 Å². The van der Waals surface area contributed by atoms with Crippen LogP contribution in [0.3, 0.4) is 0 Å². The van der Waals surface area contributed by atoms with Gasteiger partial charge in [-0.3, -0.25) is 0 Å². The first-order valence-corrected chi connectivity index (χ1v) is 6.82. The first kappa shape index (κ1) is 14.3. The van der Waals surface area contributed by atoms with Gasteiger partial charge in [0.05, 0.1) is 18.0 Å². The monoisotopic (exact) mass is 279 g/mol. The van der Waals surface area contributed by atoms with Crippen molar-refractivity contribution in [1.29, 1.82) is 0 Å². The Kier molecular flexibility index (Phi) is 4.55. The molecule has 1 fully saturated rings. The number of anilines is 2. The van der Waals surface area contributed by atoms with Gasteiger partial charge in [-0.2, -0.15) is 0 Å². The predicted molar refractivity (Wildman–Crippen MR) is 77.7 cm³/mol. The van der Waals surface area contributed by atoms with Crippen LogP contribution >= 0.6 is 0 Å². The number of benzene rings is 1. The van der Waals surface area contributed by atoms with Crippen molar-refractivity contribution in [2.45, 2.75) is 19.3 Å². The van der Waals surface area contributed by atoms with Crippen LogP contribution in [-0.4, -0.2) is 35.8 Å². The van der Waals surface area contributed by atoms with E-state index in [4.69, 9.17) is 21.3 Å². The number of nitrogens with zero attached hydrogens (tertiary/aromatic N) is 1. The molecule has 1 amide bonds. The zero-order valence-corrected chi connectivity index (χ0v) is 11.4. The molecular formula is C14H21N3O3. The maximum Gasteiger partial charge on any atom is 0.407 e. The fourth-order valence-corrected chi connectivity index (χ4v) is 2.40. The van der Waals surface area contributed by atoms with Crippen LogP contribution in [0.5, 0.6) is 5.75 Å². The lowest BCUT2D eigenvalue weighted by Gasteiger charge is -2.29. The van der Waals surface area contributed by atoms with Crippen LogP contribution < -0.4 is 16.2 Å². The van der Waals surface area contributed by atoms with E-state index >= 15 is 0 Å². The third-order valence-electron chi connectivity index (χ3n) is 3.74. The number of hydrogen-bond donors (Lipinski definition) is 3. The van der Waals surface area contributed by atoms with Crippen LogP contribution in [0.25, 0.3) is 0 Å². The molecule has 0 radical (unpaired) electrons. The number of likely N-dealkylation sites (tertiary alicyclic amines) is 1. The van der Waals surface area contributed by atoms with Crippen molar-refractivity contribution in [2.75, 3.05) is 31.2 Å². The van der Waals surface area contributed by atoms with E-state index in [0.717, 1.165) is 25.0 Å². The molecule has 110 valence electrons. The Morgan fingerprint density at radius 3 is 2.60 bits per heavy atom. The van der Waals surface area contributed by atoms with Crippen LogP contribution in [-0.2, 0) is 0 Å². The third-order valence-corrected chi connectivity index (χ3v) is 3.74. The summed E-state index contributed by atoms with van der Waals surface area (Å²) >= 11 is 0. The number of hydrogen-bond acceptors (Lipinski definition) is 4. The van der Waals surface area contributed by atoms with Gasteiger partial charge in [0.2, 0.25) is 0 Å².